The van der Waals surface area contributed by atoms with E-state index in [-0.39, 0.29) is 18.6 Å². The van der Waals surface area contributed by atoms with Gasteiger partial charge in [-0.2, -0.15) is 5.26 Å². The van der Waals surface area contributed by atoms with Gasteiger partial charge in [0.05, 0.1) is 24.8 Å². The van der Waals surface area contributed by atoms with Gasteiger partial charge >= 0.3 is 0 Å². The second-order valence-corrected chi connectivity index (χ2v) is 8.24. The van der Waals surface area contributed by atoms with Crippen molar-refractivity contribution < 1.29 is 14.3 Å². The zero-order chi connectivity index (χ0) is 22.4. The summed E-state index contributed by atoms with van der Waals surface area (Å²) >= 11 is 0. The molecule has 1 aromatic carbocycles. The molecule has 1 amide bonds. The van der Waals surface area contributed by atoms with Crippen molar-refractivity contribution in [3.8, 4) is 11.8 Å². The molecule has 0 spiro atoms. The van der Waals surface area contributed by atoms with Crippen molar-refractivity contribution in [1.29, 1.82) is 5.26 Å². The quantitative estimate of drug-likeness (QED) is 0.667. The van der Waals surface area contributed by atoms with Crippen LogP contribution in [0.2, 0.25) is 0 Å². The van der Waals surface area contributed by atoms with Gasteiger partial charge in [-0.15, -0.1) is 0 Å². The molecule has 7 nitrogen and oxygen atoms in total. The van der Waals surface area contributed by atoms with E-state index in [1.54, 1.807) is 0 Å². The van der Waals surface area contributed by atoms with Crippen molar-refractivity contribution in [1.82, 2.24) is 9.47 Å². The van der Waals surface area contributed by atoms with E-state index in [0.717, 1.165) is 36.5 Å². The van der Waals surface area contributed by atoms with Crippen LogP contribution in [0.1, 0.15) is 35.2 Å². The van der Waals surface area contributed by atoms with Crippen LogP contribution in [0.25, 0.3) is 0 Å². The number of amides is 1. The Morgan fingerprint density at radius 3 is 2.71 bits per heavy atom. The molecule has 1 atom stereocenters. The second kappa shape index (κ2) is 10.5. The Balaban J connectivity index is 1.58. The number of anilines is 1. The molecule has 2 aromatic rings. The molecule has 1 unspecified atom stereocenters. The third kappa shape index (κ3) is 5.87. The van der Waals surface area contributed by atoms with E-state index in [4.69, 9.17) is 9.47 Å². The number of likely N-dealkylation sites (N-methyl/N-ethyl adjacent to an activating group) is 1. The van der Waals surface area contributed by atoms with Crippen LogP contribution < -0.4 is 10.1 Å². The fraction of sp³-hybridized carbons (Fsp3) is 0.500. The fourth-order valence-electron chi connectivity index (χ4n) is 3.80. The van der Waals surface area contributed by atoms with Gasteiger partial charge in [-0.3, -0.25) is 9.69 Å². The van der Waals surface area contributed by atoms with Crippen LogP contribution >= 0.6 is 0 Å². The molecule has 1 saturated heterocycles. The van der Waals surface area contributed by atoms with Gasteiger partial charge in [-0.05, 0) is 58.4 Å². The first kappa shape index (κ1) is 22.9. The lowest BCUT2D eigenvalue weighted by atomic mass is 10.2. The fourth-order valence-corrected chi connectivity index (χ4v) is 3.80. The summed E-state index contributed by atoms with van der Waals surface area (Å²) in [6.07, 6.45) is 2.16. The minimum Gasteiger partial charge on any atom is -0.492 e. The highest BCUT2D eigenvalue weighted by Gasteiger charge is 2.24. The van der Waals surface area contributed by atoms with Crippen LogP contribution in [-0.4, -0.2) is 54.8 Å². The van der Waals surface area contributed by atoms with Crippen molar-refractivity contribution in [2.75, 3.05) is 38.7 Å². The third-order valence-electron chi connectivity index (χ3n) is 5.79. The lowest BCUT2D eigenvalue weighted by Gasteiger charge is -2.19. The van der Waals surface area contributed by atoms with Gasteiger partial charge in [0.1, 0.15) is 24.2 Å². The van der Waals surface area contributed by atoms with Gasteiger partial charge < -0.3 is 19.4 Å². The Morgan fingerprint density at radius 2 is 2.06 bits per heavy atom. The monoisotopic (exact) mass is 424 g/mol. The minimum absolute atomic E-state index is 0.120. The second-order valence-electron chi connectivity index (χ2n) is 8.24. The van der Waals surface area contributed by atoms with Crippen molar-refractivity contribution in [2.45, 2.75) is 46.3 Å². The molecule has 3 rings (SSSR count). The van der Waals surface area contributed by atoms with Crippen molar-refractivity contribution in [3.05, 3.63) is 46.6 Å². The first-order chi connectivity index (χ1) is 14.9. The Kier molecular flexibility index (Phi) is 7.72. The predicted molar refractivity (Wildman–Crippen MR) is 120 cm³/mol. The highest BCUT2D eigenvalue weighted by Crippen LogP contribution is 2.28. The number of benzene rings is 1. The standard InChI is InChI=1S/C24H32N4O3/c1-17-7-9-20(10-8-17)31-13-11-27(4)16-23(29)26-24-22(14-25)18(2)19(3)28(24)15-21-6-5-12-30-21/h7-10,21H,5-6,11-13,15-16H2,1-4H3,(H,26,29). The topological polar surface area (TPSA) is 79.5 Å². The van der Waals surface area contributed by atoms with Crippen molar-refractivity contribution in [2.24, 2.45) is 0 Å². The van der Waals surface area contributed by atoms with Crippen LogP contribution in [0.4, 0.5) is 5.82 Å². The maximum Gasteiger partial charge on any atom is 0.239 e. The zero-order valence-corrected chi connectivity index (χ0v) is 18.9. The molecule has 1 fully saturated rings. The van der Waals surface area contributed by atoms with Crippen molar-refractivity contribution >= 4 is 11.7 Å². The molecule has 0 radical (unpaired) electrons. The Morgan fingerprint density at radius 1 is 1.32 bits per heavy atom. The molecule has 1 aromatic heterocycles. The number of hydrogen-bond acceptors (Lipinski definition) is 5. The Labute approximate surface area is 184 Å². The maximum atomic E-state index is 12.7. The smallest absolute Gasteiger partial charge is 0.239 e. The zero-order valence-electron chi connectivity index (χ0n) is 18.9. The number of aryl methyl sites for hydroxylation is 1. The summed E-state index contributed by atoms with van der Waals surface area (Å²) in [5.74, 6) is 1.24. The van der Waals surface area contributed by atoms with Crippen LogP contribution in [-0.2, 0) is 16.1 Å². The molecule has 0 aliphatic carbocycles. The lowest BCUT2D eigenvalue weighted by molar-refractivity contribution is -0.117. The summed E-state index contributed by atoms with van der Waals surface area (Å²) in [5.41, 5.74) is 3.60. The molecule has 1 N–H and O–H groups in total. The van der Waals surface area contributed by atoms with E-state index in [1.807, 2.05) is 61.6 Å². The molecule has 31 heavy (non-hydrogen) atoms. The SMILES string of the molecule is Cc1ccc(OCCN(C)CC(=O)Nc2c(C#N)c(C)c(C)n2CC2CCCO2)cc1. The number of nitriles is 1. The summed E-state index contributed by atoms with van der Waals surface area (Å²) < 4.78 is 13.5. The average molecular weight is 425 g/mol. The van der Waals surface area contributed by atoms with Crippen LogP contribution in [0.15, 0.2) is 24.3 Å². The average Bonchev–Trinajstić information content (AvgIpc) is 3.32. The summed E-state index contributed by atoms with van der Waals surface area (Å²) in [5, 5.41) is 12.6. The van der Waals surface area contributed by atoms with Crippen LogP contribution in [0, 0.1) is 32.1 Å². The normalized spacial score (nSPS) is 15.8. The van der Waals surface area contributed by atoms with E-state index in [0.29, 0.717) is 31.1 Å². The first-order valence-corrected chi connectivity index (χ1v) is 10.8. The third-order valence-corrected chi connectivity index (χ3v) is 5.79. The lowest BCUT2D eigenvalue weighted by Crippen LogP contribution is -2.34. The Bertz CT molecular complexity index is 937. The molecule has 1 aliphatic heterocycles. The number of hydrogen-bond donors (Lipinski definition) is 1. The van der Waals surface area contributed by atoms with Crippen LogP contribution in [0.3, 0.4) is 0 Å². The number of carbonyl (C=O) groups is 1. The molecule has 166 valence electrons. The number of nitrogens with zero attached hydrogens (tertiary/aromatic N) is 3. The van der Waals surface area contributed by atoms with E-state index in [9.17, 15) is 10.1 Å². The van der Waals surface area contributed by atoms with E-state index >= 15 is 0 Å². The highest BCUT2D eigenvalue weighted by molar-refractivity contribution is 5.93. The summed E-state index contributed by atoms with van der Waals surface area (Å²) in [6, 6.07) is 10.2. The van der Waals surface area contributed by atoms with Gasteiger partial charge in [0, 0.05) is 18.8 Å². The Hall–Kier alpha value is -2.82. The number of nitrogens with one attached hydrogen (secondary N) is 1. The minimum atomic E-state index is -0.152. The van der Waals surface area contributed by atoms with Gasteiger partial charge in [0.25, 0.3) is 0 Å². The highest BCUT2D eigenvalue weighted by atomic mass is 16.5. The summed E-state index contributed by atoms with van der Waals surface area (Å²) in [4.78, 5) is 14.6. The molecule has 0 bridgehead atoms. The number of carbonyl (C=O) groups excluding carboxylic acids is 1. The van der Waals surface area contributed by atoms with Gasteiger partial charge in [0.2, 0.25) is 5.91 Å². The molecular weight excluding hydrogens is 392 g/mol. The van der Waals surface area contributed by atoms with E-state index < -0.39 is 0 Å². The van der Waals surface area contributed by atoms with E-state index in [1.165, 1.54) is 5.56 Å². The summed E-state index contributed by atoms with van der Waals surface area (Å²) in [7, 11) is 1.88. The molecule has 7 heteroatoms. The number of ether oxygens (including phenoxy) is 2. The summed E-state index contributed by atoms with van der Waals surface area (Å²) in [6.45, 7) is 8.67. The van der Waals surface area contributed by atoms with Gasteiger partial charge in [-0.25, -0.2) is 0 Å². The van der Waals surface area contributed by atoms with Gasteiger partial charge in [-0.1, -0.05) is 17.7 Å². The number of aromatic nitrogens is 1. The van der Waals surface area contributed by atoms with E-state index in [2.05, 4.69) is 11.4 Å². The molecule has 1 aliphatic rings. The molecule has 2 heterocycles. The molecule has 0 saturated carbocycles. The predicted octanol–water partition coefficient (Wildman–Crippen LogP) is 3.41. The van der Waals surface area contributed by atoms with Crippen LogP contribution in [0.5, 0.6) is 5.75 Å². The maximum absolute atomic E-state index is 12.7. The number of rotatable bonds is 9. The first-order valence-electron chi connectivity index (χ1n) is 10.8. The van der Waals surface area contributed by atoms with Crippen molar-refractivity contribution in [3.63, 3.8) is 0 Å². The van der Waals surface area contributed by atoms with Gasteiger partial charge in [0.15, 0.2) is 0 Å². The molecular formula is C24H32N4O3. The largest absolute Gasteiger partial charge is 0.492 e.